The quantitative estimate of drug-likeness (QED) is 0.436. The Balaban J connectivity index is 1.88. The molecule has 3 rings (SSSR count). The topological polar surface area (TPSA) is 86.8 Å². The number of carbonyl (C=O) groups is 2. The van der Waals surface area contributed by atoms with Crippen LogP contribution in [0.25, 0.3) is 0 Å². The van der Waals surface area contributed by atoms with Crippen LogP contribution in [0.3, 0.4) is 0 Å². The summed E-state index contributed by atoms with van der Waals surface area (Å²) in [5.74, 6) is -0.777. The minimum absolute atomic E-state index is 0.0957. The maximum Gasteiger partial charge on any atom is 0.244 e. The molecular weight excluding hydrogens is 577 g/mol. The van der Waals surface area contributed by atoms with Gasteiger partial charge in [0, 0.05) is 17.1 Å². The summed E-state index contributed by atoms with van der Waals surface area (Å²) in [6.07, 6.45) is 4.97. The van der Waals surface area contributed by atoms with Crippen LogP contribution in [0.1, 0.15) is 38.2 Å². The first-order chi connectivity index (χ1) is 16.5. The van der Waals surface area contributed by atoms with E-state index < -0.39 is 28.5 Å². The van der Waals surface area contributed by atoms with Crippen LogP contribution in [0, 0.1) is 0 Å². The molecule has 0 unspecified atom stereocenters. The van der Waals surface area contributed by atoms with Gasteiger partial charge in [-0.2, -0.15) is 0 Å². The van der Waals surface area contributed by atoms with Gasteiger partial charge in [0.1, 0.15) is 12.6 Å². The normalized spacial score (nSPS) is 15.0. The van der Waals surface area contributed by atoms with Gasteiger partial charge in [-0.05, 0) is 55.7 Å². The molecule has 7 nitrogen and oxygen atoms in total. The summed E-state index contributed by atoms with van der Waals surface area (Å²) in [5, 5.41) is 3.47. The Morgan fingerprint density at radius 3 is 2.29 bits per heavy atom. The fraction of sp³-hybridized carbons (Fsp3) is 0.417. The monoisotopic (exact) mass is 603 g/mol. The highest BCUT2D eigenvalue weighted by Gasteiger charge is 2.31. The lowest BCUT2D eigenvalue weighted by molar-refractivity contribution is -0.139. The number of hydrogen-bond donors (Lipinski definition) is 1. The van der Waals surface area contributed by atoms with Crippen molar-refractivity contribution in [3.8, 4) is 0 Å². The van der Waals surface area contributed by atoms with Gasteiger partial charge in [-0.3, -0.25) is 13.9 Å². The molecule has 35 heavy (non-hydrogen) atoms. The summed E-state index contributed by atoms with van der Waals surface area (Å²) >= 11 is 15.5. The van der Waals surface area contributed by atoms with Crippen molar-refractivity contribution in [1.82, 2.24) is 10.2 Å². The second kappa shape index (κ2) is 12.0. The van der Waals surface area contributed by atoms with Crippen molar-refractivity contribution >= 4 is 66.7 Å². The zero-order valence-corrected chi connectivity index (χ0v) is 23.4. The van der Waals surface area contributed by atoms with Crippen molar-refractivity contribution in [2.75, 3.05) is 17.1 Å². The molecule has 1 atom stereocenters. The lowest BCUT2D eigenvalue weighted by atomic mass is 10.1. The van der Waals surface area contributed by atoms with E-state index in [1.807, 2.05) is 24.3 Å². The molecule has 2 aromatic carbocycles. The highest BCUT2D eigenvalue weighted by Crippen LogP contribution is 2.29. The van der Waals surface area contributed by atoms with E-state index in [-0.39, 0.29) is 34.2 Å². The molecule has 1 fully saturated rings. The average molecular weight is 605 g/mol. The number of amides is 2. The molecule has 0 bridgehead atoms. The van der Waals surface area contributed by atoms with Crippen LogP contribution in [0.15, 0.2) is 46.9 Å². The molecule has 0 spiro atoms. The predicted octanol–water partition coefficient (Wildman–Crippen LogP) is 5.00. The Morgan fingerprint density at radius 1 is 1.09 bits per heavy atom. The average Bonchev–Trinajstić information content (AvgIpc) is 3.30. The first-order valence-corrected chi connectivity index (χ1v) is 14.6. The molecule has 0 aromatic heterocycles. The minimum atomic E-state index is -3.84. The lowest BCUT2D eigenvalue weighted by Crippen LogP contribution is -2.52. The van der Waals surface area contributed by atoms with Crippen molar-refractivity contribution in [1.29, 1.82) is 0 Å². The van der Waals surface area contributed by atoms with E-state index in [9.17, 15) is 18.0 Å². The Hall–Kier alpha value is -1.81. The molecule has 2 aromatic rings. The standard InChI is InChI=1S/C24H28BrCl2N3O4S/c1-16(24(32)28-19-5-3-4-6-19)29(14-17-7-9-18(25)10-8-17)23(31)15-30(35(2,33)34)20-11-12-21(26)22(27)13-20/h7-13,16,19H,3-6,14-15H2,1-2H3,(H,28,32)/t16-/m0/s1. The van der Waals surface area contributed by atoms with Gasteiger partial charge in [0.25, 0.3) is 0 Å². The third-order valence-electron chi connectivity index (χ3n) is 6.01. The lowest BCUT2D eigenvalue weighted by Gasteiger charge is -2.32. The van der Waals surface area contributed by atoms with Crippen LogP contribution in [-0.4, -0.2) is 50.0 Å². The van der Waals surface area contributed by atoms with E-state index in [4.69, 9.17) is 23.2 Å². The maximum atomic E-state index is 13.6. The SMILES string of the molecule is C[C@@H](C(=O)NC1CCCC1)N(Cc1ccc(Br)cc1)C(=O)CN(c1ccc(Cl)c(Cl)c1)S(C)(=O)=O. The highest BCUT2D eigenvalue weighted by molar-refractivity contribution is 9.10. The van der Waals surface area contributed by atoms with Crippen LogP contribution in [0.2, 0.25) is 10.0 Å². The molecule has 2 amide bonds. The second-order valence-electron chi connectivity index (χ2n) is 8.68. The summed E-state index contributed by atoms with van der Waals surface area (Å²) in [4.78, 5) is 28.0. The fourth-order valence-electron chi connectivity index (χ4n) is 4.01. The van der Waals surface area contributed by atoms with Crippen molar-refractivity contribution in [2.24, 2.45) is 0 Å². The van der Waals surface area contributed by atoms with Crippen molar-refractivity contribution in [2.45, 2.75) is 51.2 Å². The number of nitrogens with one attached hydrogen (secondary N) is 1. The maximum absolute atomic E-state index is 13.6. The van der Waals surface area contributed by atoms with Gasteiger partial charge in [-0.1, -0.05) is 64.1 Å². The number of sulfonamides is 1. The molecule has 11 heteroatoms. The molecule has 1 saturated carbocycles. The van der Waals surface area contributed by atoms with Crippen molar-refractivity contribution < 1.29 is 18.0 Å². The van der Waals surface area contributed by atoms with Gasteiger partial charge in [-0.25, -0.2) is 8.42 Å². The number of benzene rings is 2. The second-order valence-corrected chi connectivity index (χ2v) is 12.3. The molecule has 0 heterocycles. The van der Waals surface area contributed by atoms with Crippen LogP contribution in [-0.2, 0) is 26.2 Å². The van der Waals surface area contributed by atoms with E-state index in [0.29, 0.717) is 0 Å². The Bertz CT molecular complexity index is 1170. The van der Waals surface area contributed by atoms with Gasteiger partial charge >= 0.3 is 0 Å². The van der Waals surface area contributed by atoms with Gasteiger partial charge < -0.3 is 10.2 Å². The molecule has 0 aliphatic heterocycles. The molecule has 1 N–H and O–H groups in total. The smallest absolute Gasteiger partial charge is 0.244 e. The van der Waals surface area contributed by atoms with E-state index in [2.05, 4.69) is 21.2 Å². The molecular formula is C24H28BrCl2N3O4S. The Morgan fingerprint density at radius 2 is 1.71 bits per heavy atom. The number of hydrogen-bond acceptors (Lipinski definition) is 4. The zero-order chi connectivity index (χ0) is 25.8. The zero-order valence-electron chi connectivity index (χ0n) is 19.5. The van der Waals surface area contributed by atoms with Crippen LogP contribution >= 0.6 is 39.1 Å². The predicted molar refractivity (Wildman–Crippen MR) is 143 cm³/mol. The number of rotatable bonds is 9. The highest BCUT2D eigenvalue weighted by atomic mass is 79.9. The molecule has 1 aliphatic rings. The van der Waals surface area contributed by atoms with Crippen LogP contribution < -0.4 is 9.62 Å². The summed E-state index contributed by atoms with van der Waals surface area (Å²) in [6.45, 7) is 1.31. The summed E-state index contributed by atoms with van der Waals surface area (Å²) in [6, 6.07) is 11.0. The van der Waals surface area contributed by atoms with Crippen LogP contribution in [0.5, 0.6) is 0 Å². The third-order valence-corrected chi connectivity index (χ3v) is 8.41. The van der Waals surface area contributed by atoms with Gasteiger partial charge in [0.05, 0.1) is 22.0 Å². The van der Waals surface area contributed by atoms with Crippen molar-refractivity contribution in [3.63, 3.8) is 0 Å². The minimum Gasteiger partial charge on any atom is -0.352 e. The van der Waals surface area contributed by atoms with Gasteiger partial charge in [-0.15, -0.1) is 0 Å². The third kappa shape index (κ3) is 7.59. The van der Waals surface area contributed by atoms with Crippen LogP contribution in [0.4, 0.5) is 5.69 Å². The molecule has 190 valence electrons. The summed E-state index contributed by atoms with van der Waals surface area (Å²) < 4.78 is 27.1. The Labute approximate surface area is 224 Å². The van der Waals surface area contributed by atoms with E-state index in [1.54, 1.807) is 6.92 Å². The Kier molecular flexibility index (Phi) is 9.48. The summed E-state index contributed by atoms with van der Waals surface area (Å²) in [7, 11) is -3.84. The first-order valence-electron chi connectivity index (χ1n) is 11.2. The number of nitrogens with zero attached hydrogens (tertiary/aromatic N) is 2. The molecule has 1 aliphatic carbocycles. The van der Waals surface area contributed by atoms with Crippen molar-refractivity contribution in [3.05, 3.63) is 62.5 Å². The largest absolute Gasteiger partial charge is 0.352 e. The number of halogens is 3. The molecule has 0 radical (unpaired) electrons. The first kappa shape index (κ1) is 27.8. The van der Waals surface area contributed by atoms with E-state index in [1.165, 1.54) is 23.1 Å². The fourth-order valence-corrected chi connectivity index (χ4v) is 5.41. The van der Waals surface area contributed by atoms with E-state index >= 15 is 0 Å². The van der Waals surface area contributed by atoms with Gasteiger partial charge in [0.15, 0.2) is 0 Å². The number of carbonyl (C=O) groups excluding carboxylic acids is 2. The number of anilines is 1. The van der Waals surface area contributed by atoms with E-state index in [0.717, 1.165) is 46.3 Å². The molecule has 0 saturated heterocycles. The summed E-state index contributed by atoms with van der Waals surface area (Å²) in [5.41, 5.74) is 1.02. The van der Waals surface area contributed by atoms with Gasteiger partial charge in [0.2, 0.25) is 21.8 Å².